The number of aromatic nitrogens is 2. The molecule has 1 aliphatic heterocycles. The normalized spacial score (nSPS) is 17.6. The molecule has 1 saturated heterocycles. The highest BCUT2D eigenvalue weighted by Gasteiger charge is 2.24. The van der Waals surface area contributed by atoms with E-state index in [0.717, 1.165) is 44.7 Å². The third kappa shape index (κ3) is 2.89. The summed E-state index contributed by atoms with van der Waals surface area (Å²) in [5.41, 5.74) is 2.49. The van der Waals surface area contributed by atoms with Crippen LogP contribution in [-0.4, -0.2) is 36.6 Å². The zero-order valence-electron chi connectivity index (χ0n) is 10.5. The van der Waals surface area contributed by atoms with Gasteiger partial charge in [-0.2, -0.15) is 5.10 Å². The SMILES string of the molecule is CNCCc1nn(C)c(C2CCOCC2)c1Br. The third-order valence-electron chi connectivity index (χ3n) is 3.32. The first-order valence-electron chi connectivity index (χ1n) is 6.17. The van der Waals surface area contributed by atoms with Gasteiger partial charge in [0.25, 0.3) is 0 Å². The van der Waals surface area contributed by atoms with Crippen LogP contribution in [0.3, 0.4) is 0 Å². The number of rotatable bonds is 4. The molecule has 1 aromatic rings. The van der Waals surface area contributed by atoms with Gasteiger partial charge >= 0.3 is 0 Å². The van der Waals surface area contributed by atoms with Crippen molar-refractivity contribution in [3.63, 3.8) is 0 Å². The fourth-order valence-electron chi connectivity index (χ4n) is 2.39. The van der Waals surface area contributed by atoms with E-state index in [1.165, 1.54) is 10.2 Å². The predicted octanol–water partition coefficient (Wildman–Crippen LogP) is 1.84. The average Bonchev–Trinajstić information content (AvgIpc) is 2.63. The zero-order chi connectivity index (χ0) is 12.3. The van der Waals surface area contributed by atoms with Crippen LogP contribution in [0.15, 0.2) is 4.47 Å². The minimum absolute atomic E-state index is 0.582. The van der Waals surface area contributed by atoms with Crippen LogP contribution in [0.2, 0.25) is 0 Å². The summed E-state index contributed by atoms with van der Waals surface area (Å²) in [5, 5.41) is 7.77. The molecule has 0 spiro atoms. The van der Waals surface area contributed by atoms with Crippen molar-refractivity contribution in [2.45, 2.75) is 25.2 Å². The third-order valence-corrected chi connectivity index (χ3v) is 4.18. The van der Waals surface area contributed by atoms with E-state index < -0.39 is 0 Å². The molecular formula is C12H20BrN3O. The van der Waals surface area contributed by atoms with Gasteiger partial charge in [-0.3, -0.25) is 4.68 Å². The molecule has 0 bridgehead atoms. The van der Waals surface area contributed by atoms with Crippen molar-refractivity contribution in [1.29, 1.82) is 0 Å². The molecule has 5 heteroatoms. The number of ether oxygens (including phenoxy) is 1. The predicted molar refractivity (Wildman–Crippen MR) is 71.3 cm³/mol. The van der Waals surface area contributed by atoms with Gasteiger partial charge in [0.1, 0.15) is 0 Å². The van der Waals surface area contributed by atoms with Gasteiger partial charge in [-0.05, 0) is 35.8 Å². The van der Waals surface area contributed by atoms with Crippen molar-refractivity contribution in [2.24, 2.45) is 7.05 Å². The number of nitrogens with one attached hydrogen (secondary N) is 1. The molecule has 0 radical (unpaired) electrons. The summed E-state index contributed by atoms with van der Waals surface area (Å²) in [6, 6.07) is 0. The molecule has 2 heterocycles. The van der Waals surface area contributed by atoms with E-state index in [4.69, 9.17) is 4.74 Å². The summed E-state index contributed by atoms with van der Waals surface area (Å²) in [6.07, 6.45) is 3.17. The second kappa shape index (κ2) is 5.98. The molecule has 0 unspecified atom stereocenters. The van der Waals surface area contributed by atoms with E-state index in [2.05, 4.69) is 26.3 Å². The molecule has 17 heavy (non-hydrogen) atoms. The highest BCUT2D eigenvalue weighted by atomic mass is 79.9. The van der Waals surface area contributed by atoms with Crippen molar-refractivity contribution < 1.29 is 4.74 Å². The van der Waals surface area contributed by atoms with Crippen LogP contribution in [0.1, 0.15) is 30.1 Å². The lowest BCUT2D eigenvalue weighted by Crippen LogP contribution is -2.17. The Morgan fingerprint density at radius 2 is 2.18 bits per heavy atom. The Labute approximate surface area is 111 Å². The summed E-state index contributed by atoms with van der Waals surface area (Å²) in [4.78, 5) is 0. The van der Waals surface area contributed by atoms with E-state index in [0.29, 0.717) is 5.92 Å². The lowest BCUT2D eigenvalue weighted by atomic mass is 9.96. The Hall–Kier alpha value is -0.390. The fourth-order valence-corrected chi connectivity index (χ4v) is 3.24. The number of hydrogen-bond acceptors (Lipinski definition) is 3. The largest absolute Gasteiger partial charge is 0.381 e. The van der Waals surface area contributed by atoms with Crippen molar-refractivity contribution in [1.82, 2.24) is 15.1 Å². The van der Waals surface area contributed by atoms with Crippen LogP contribution in [0.5, 0.6) is 0 Å². The van der Waals surface area contributed by atoms with E-state index in [1.807, 2.05) is 18.8 Å². The molecule has 4 nitrogen and oxygen atoms in total. The van der Waals surface area contributed by atoms with Gasteiger partial charge in [0.05, 0.1) is 15.9 Å². The summed E-state index contributed by atoms with van der Waals surface area (Å²) < 4.78 is 8.65. The van der Waals surface area contributed by atoms with Crippen LogP contribution >= 0.6 is 15.9 Å². The molecule has 1 N–H and O–H groups in total. The molecule has 1 aromatic heterocycles. The second-order valence-corrected chi connectivity index (χ2v) is 5.30. The Morgan fingerprint density at radius 3 is 2.82 bits per heavy atom. The van der Waals surface area contributed by atoms with Crippen LogP contribution in [-0.2, 0) is 18.2 Å². The Bertz CT molecular complexity index is 372. The molecule has 0 atom stereocenters. The number of nitrogens with zero attached hydrogens (tertiary/aromatic N) is 2. The highest BCUT2D eigenvalue weighted by molar-refractivity contribution is 9.10. The van der Waals surface area contributed by atoms with Crippen LogP contribution in [0, 0.1) is 0 Å². The summed E-state index contributed by atoms with van der Waals surface area (Å²) in [6.45, 7) is 2.70. The van der Waals surface area contributed by atoms with Crippen LogP contribution in [0.4, 0.5) is 0 Å². The highest BCUT2D eigenvalue weighted by Crippen LogP contribution is 2.33. The van der Waals surface area contributed by atoms with Gasteiger partial charge in [0.2, 0.25) is 0 Å². The molecule has 1 fully saturated rings. The molecule has 96 valence electrons. The lowest BCUT2D eigenvalue weighted by Gasteiger charge is -2.22. The first-order valence-corrected chi connectivity index (χ1v) is 6.97. The van der Waals surface area contributed by atoms with Crippen molar-refractivity contribution in [3.8, 4) is 0 Å². The molecule has 2 rings (SSSR count). The molecule has 0 aromatic carbocycles. The van der Waals surface area contributed by atoms with Crippen molar-refractivity contribution in [2.75, 3.05) is 26.8 Å². The van der Waals surface area contributed by atoms with Crippen molar-refractivity contribution >= 4 is 15.9 Å². The molecule has 0 saturated carbocycles. The van der Waals surface area contributed by atoms with Gasteiger partial charge in [0.15, 0.2) is 0 Å². The van der Waals surface area contributed by atoms with Crippen LogP contribution < -0.4 is 5.32 Å². The minimum atomic E-state index is 0.582. The first-order chi connectivity index (χ1) is 8.24. The molecule has 0 amide bonds. The van der Waals surface area contributed by atoms with E-state index in [1.54, 1.807) is 0 Å². The van der Waals surface area contributed by atoms with Gasteiger partial charge in [-0.15, -0.1) is 0 Å². The molecule has 1 aliphatic rings. The average molecular weight is 302 g/mol. The Kier molecular flexibility index (Phi) is 4.59. The van der Waals surface area contributed by atoms with E-state index in [9.17, 15) is 0 Å². The van der Waals surface area contributed by atoms with Gasteiger partial charge < -0.3 is 10.1 Å². The Morgan fingerprint density at radius 1 is 1.47 bits per heavy atom. The van der Waals surface area contributed by atoms with Gasteiger partial charge in [-0.1, -0.05) is 0 Å². The standard InChI is InChI=1S/C12H20BrN3O/c1-14-6-3-10-11(13)12(16(2)15-10)9-4-7-17-8-5-9/h9,14H,3-8H2,1-2H3. The summed E-state index contributed by atoms with van der Waals surface area (Å²) in [7, 11) is 4.01. The lowest BCUT2D eigenvalue weighted by molar-refractivity contribution is 0.0836. The molecular weight excluding hydrogens is 282 g/mol. The molecule has 0 aliphatic carbocycles. The summed E-state index contributed by atoms with van der Waals surface area (Å²) >= 11 is 3.72. The number of aryl methyl sites for hydroxylation is 1. The van der Waals surface area contributed by atoms with Crippen molar-refractivity contribution in [3.05, 3.63) is 15.9 Å². The number of halogens is 1. The Balaban J connectivity index is 2.17. The maximum atomic E-state index is 5.42. The zero-order valence-corrected chi connectivity index (χ0v) is 12.1. The number of likely N-dealkylation sites (N-methyl/N-ethyl adjacent to an activating group) is 1. The van der Waals surface area contributed by atoms with E-state index >= 15 is 0 Å². The quantitative estimate of drug-likeness (QED) is 0.922. The maximum Gasteiger partial charge on any atom is 0.0782 e. The summed E-state index contributed by atoms with van der Waals surface area (Å²) in [5.74, 6) is 0.582. The first kappa shape index (κ1) is 13.1. The number of hydrogen-bond donors (Lipinski definition) is 1. The van der Waals surface area contributed by atoms with Crippen LogP contribution in [0.25, 0.3) is 0 Å². The second-order valence-electron chi connectivity index (χ2n) is 4.51. The monoisotopic (exact) mass is 301 g/mol. The maximum absolute atomic E-state index is 5.42. The smallest absolute Gasteiger partial charge is 0.0782 e. The van der Waals surface area contributed by atoms with Gasteiger partial charge in [-0.25, -0.2) is 0 Å². The topological polar surface area (TPSA) is 39.1 Å². The minimum Gasteiger partial charge on any atom is -0.381 e. The van der Waals surface area contributed by atoms with Gasteiger partial charge in [0, 0.05) is 39.1 Å². The van der Waals surface area contributed by atoms with E-state index in [-0.39, 0.29) is 0 Å². The fraction of sp³-hybridized carbons (Fsp3) is 0.750.